The maximum atomic E-state index is 12.4. The van der Waals surface area contributed by atoms with Crippen molar-refractivity contribution >= 4 is 27.6 Å². The third kappa shape index (κ3) is 5.90. The van der Waals surface area contributed by atoms with Crippen molar-refractivity contribution in [3.63, 3.8) is 0 Å². The maximum Gasteiger partial charge on any atom is 0.321 e. The van der Waals surface area contributed by atoms with Crippen molar-refractivity contribution in [1.29, 1.82) is 0 Å². The molecule has 144 valence electrons. The van der Waals surface area contributed by atoms with Gasteiger partial charge < -0.3 is 10.4 Å². The highest BCUT2D eigenvalue weighted by Gasteiger charge is 2.26. The van der Waals surface area contributed by atoms with E-state index in [9.17, 15) is 23.1 Å². The summed E-state index contributed by atoms with van der Waals surface area (Å²) in [5.74, 6) is -1.52. The van der Waals surface area contributed by atoms with E-state index in [1.54, 1.807) is 30.3 Å². The van der Waals surface area contributed by atoms with Crippen LogP contribution in [0.15, 0.2) is 59.5 Å². The number of aliphatic carboxylic acids is 1. The summed E-state index contributed by atoms with van der Waals surface area (Å²) in [5, 5.41) is 11.9. The molecule has 1 amide bonds. The van der Waals surface area contributed by atoms with Crippen molar-refractivity contribution in [3.8, 4) is 0 Å². The Hall–Kier alpha value is -2.71. The lowest BCUT2D eigenvalue weighted by Crippen LogP contribution is -2.41. The van der Waals surface area contributed by atoms with Gasteiger partial charge >= 0.3 is 5.97 Å². The van der Waals surface area contributed by atoms with E-state index in [0.717, 1.165) is 0 Å². The molecule has 0 fully saturated rings. The van der Waals surface area contributed by atoms with Gasteiger partial charge in [-0.3, -0.25) is 9.59 Å². The Morgan fingerprint density at radius 1 is 1.00 bits per heavy atom. The van der Waals surface area contributed by atoms with Crippen LogP contribution < -0.4 is 10.0 Å². The highest BCUT2D eigenvalue weighted by atomic mass is 32.2. The molecule has 0 unspecified atom stereocenters. The number of carbonyl (C=O) groups excluding carboxylic acids is 1. The third-order valence-electron chi connectivity index (χ3n) is 3.76. The Labute approximate surface area is 158 Å². The van der Waals surface area contributed by atoms with Crippen LogP contribution in [-0.2, 0) is 14.8 Å². The molecule has 2 aromatic carbocycles. The molecule has 0 aliphatic rings. The first-order chi connectivity index (χ1) is 12.7. The number of benzene rings is 2. The van der Waals surface area contributed by atoms with Crippen molar-refractivity contribution in [1.82, 2.24) is 4.72 Å². The number of anilines is 1. The van der Waals surface area contributed by atoms with Crippen LogP contribution >= 0.6 is 0 Å². The lowest BCUT2D eigenvalue weighted by atomic mass is 10.1. The van der Waals surface area contributed by atoms with E-state index in [1.165, 1.54) is 24.3 Å². The van der Waals surface area contributed by atoms with Crippen molar-refractivity contribution in [3.05, 3.63) is 60.2 Å². The van der Waals surface area contributed by atoms with Gasteiger partial charge in [0, 0.05) is 11.3 Å². The molecule has 7 nitrogen and oxygen atoms in total. The van der Waals surface area contributed by atoms with Crippen LogP contribution in [0.2, 0.25) is 0 Å². The van der Waals surface area contributed by atoms with Gasteiger partial charge in [-0.05, 0) is 48.7 Å². The molecule has 0 aromatic heterocycles. The molecular formula is C19H22N2O5S. The molecule has 2 aromatic rings. The number of carbonyl (C=O) groups is 2. The van der Waals surface area contributed by atoms with Gasteiger partial charge in [-0.25, -0.2) is 8.42 Å². The monoisotopic (exact) mass is 390 g/mol. The van der Waals surface area contributed by atoms with Crippen LogP contribution in [-0.4, -0.2) is 31.4 Å². The fourth-order valence-electron chi connectivity index (χ4n) is 2.44. The quantitative estimate of drug-likeness (QED) is 0.641. The number of amides is 1. The normalized spacial score (nSPS) is 12.6. The van der Waals surface area contributed by atoms with Crippen molar-refractivity contribution in [2.24, 2.45) is 5.92 Å². The van der Waals surface area contributed by atoms with Gasteiger partial charge in [0.05, 0.1) is 4.90 Å². The molecule has 2 rings (SSSR count). The second kappa shape index (κ2) is 8.79. The lowest BCUT2D eigenvalue weighted by Gasteiger charge is -2.16. The molecule has 0 saturated heterocycles. The number of nitrogens with one attached hydrogen (secondary N) is 2. The molecular weight excluding hydrogens is 368 g/mol. The summed E-state index contributed by atoms with van der Waals surface area (Å²) in [4.78, 5) is 23.3. The third-order valence-corrected chi connectivity index (χ3v) is 5.25. The lowest BCUT2D eigenvalue weighted by molar-refractivity contribution is -0.139. The highest BCUT2D eigenvalue weighted by Crippen LogP contribution is 2.16. The van der Waals surface area contributed by atoms with Gasteiger partial charge in [0.15, 0.2) is 0 Å². The molecule has 0 aliphatic heterocycles. The van der Waals surface area contributed by atoms with Crippen LogP contribution in [0.1, 0.15) is 30.6 Å². The summed E-state index contributed by atoms with van der Waals surface area (Å²) in [5.41, 5.74) is 0.911. The number of sulfonamides is 1. The first-order valence-corrected chi connectivity index (χ1v) is 9.89. The standard InChI is InChI=1S/C19H22N2O5S/c1-13(2)12-17(19(23)24)21-27(25,26)16-10-8-15(9-11-16)20-18(22)14-6-4-3-5-7-14/h3-11,13,17,21H,12H2,1-2H3,(H,20,22)(H,23,24)/t17-/m0/s1. The second-order valence-electron chi connectivity index (χ2n) is 6.49. The minimum absolute atomic E-state index is 0.0179. The Kier molecular flexibility index (Phi) is 6.70. The summed E-state index contributed by atoms with van der Waals surface area (Å²) in [6.07, 6.45) is 0.180. The molecule has 27 heavy (non-hydrogen) atoms. The molecule has 3 N–H and O–H groups in total. The highest BCUT2D eigenvalue weighted by molar-refractivity contribution is 7.89. The first-order valence-electron chi connectivity index (χ1n) is 8.40. The van der Waals surface area contributed by atoms with Crippen molar-refractivity contribution < 1.29 is 23.1 Å². The van der Waals surface area contributed by atoms with Gasteiger partial charge in [-0.15, -0.1) is 0 Å². The summed E-state index contributed by atoms with van der Waals surface area (Å²) >= 11 is 0. The number of hydrogen-bond donors (Lipinski definition) is 3. The van der Waals surface area contributed by atoms with Crippen LogP contribution in [0.25, 0.3) is 0 Å². The van der Waals surface area contributed by atoms with Crippen molar-refractivity contribution in [2.75, 3.05) is 5.32 Å². The SMILES string of the molecule is CC(C)C[C@H](NS(=O)(=O)c1ccc(NC(=O)c2ccccc2)cc1)C(=O)O. The fourth-order valence-corrected chi connectivity index (χ4v) is 3.64. The van der Waals surface area contributed by atoms with E-state index in [2.05, 4.69) is 10.0 Å². The Bertz CT molecular complexity index is 893. The number of hydrogen-bond acceptors (Lipinski definition) is 4. The molecule has 0 saturated carbocycles. The predicted octanol–water partition coefficient (Wildman–Crippen LogP) is 2.72. The molecule has 0 aliphatic carbocycles. The minimum atomic E-state index is -3.99. The van der Waals surface area contributed by atoms with Gasteiger partial charge in [0.25, 0.3) is 5.91 Å². The Morgan fingerprint density at radius 3 is 2.11 bits per heavy atom. The minimum Gasteiger partial charge on any atom is -0.480 e. The van der Waals surface area contributed by atoms with Crippen LogP contribution in [0.3, 0.4) is 0 Å². The van der Waals surface area contributed by atoms with E-state index in [1.807, 2.05) is 13.8 Å². The zero-order valence-electron chi connectivity index (χ0n) is 15.0. The summed E-state index contributed by atoms with van der Waals surface area (Å²) in [6.45, 7) is 3.63. The average molecular weight is 390 g/mol. The number of carboxylic acids is 1. The van der Waals surface area contributed by atoms with Crippen LogP contribution in [0.4, 0.5) is 5.69 Å². The second-order valence-corrected chi connectivity index (χ2v) is 8.20. The molecule has 1 atom stereocenters. The fraction of sp³-hybridized carbons (Fsp3) is 0.263. The van der Waals surface area contributed by atoms with E-state index in [-0.39, 0.29) is 23.1 Å². The number of rotatable bonds is 8. The summed E-state index contributed by atoms with van der Waals surface area (Å²) in [7, 11) is -3.99. The average Bonchev–Trinajstić information content (AvgIpc) is 2.61. The van der Waals surface area contributed by atoms with Crippen LogP contribution in [0, 0.1) is 5.92 Å². The smallest absolute Gasteiger partial charge is 0.321 e. The topological polar surface area (TPSA) is 113 Å². The zero-order valence-corrected chi connectivity index (χ0v) is 15.9. The van der Waals surface area contributed by atoms with Crippen molar-refractivity contribution in [2.45, 2.75) is 31.2 Å². The van der Waals surface area contributed by atoms with Gasteiger partial charge in [0.2, 0.25) is 10.0 Å². The van der Waals surface area contributed by atoms with Gasteiger partial charge in [-0.1, -0.05) is 32.0 Å². The maximum absolute atomic E-state index is 12.4. The van der Waals surface area contributed by atoms with E-state index in [4.69, 9.17) is 0 Å². The zero-order chi connectivity index (χ0) is 20.0. The molecule has 8 heteroatoms. The van der Waals surface area contributed by atoms with Gasteiger partial charge in [0.1, 0.15) is 6.04 Å². The summed E-state index contributed by atoms with van der Waals surface area (Å²) in [6, 6.07) is 13.0. The largest absolute Gasteiger partial charge is 0.480 e. The molecule has 0 bridgehead atoms. The van der Waals surface area contributed by atoms with E-state index in [0.29, 0.717) is 11.3 Å². The van der Waals surface area contributed by atoms with Gasteiger partial charge in [-0.2, -0.15) is 4.72 Å². The van der Waals surface area contributed by atoms with Crippen LogP contribution in [0.5, 0.6) is 0 Å². The Morgan fingerprint density at radius 2 is 1.59 bits per heavy atom. The van der Waals surface area contributed by atoms with E-state index < -0.39 is 22.0 Å². The Balaban J connectivity index is 2.11. The number of carboxylic acid groups (broad SMARTS) is 1. The summed E-state index contributed by atoms with van der Waals surface area (Å²) < 4.78 is 27.1. The first kappa shape index (κ1) is 20.6. The predicted molar refractivity (Wildman–Crippen MR) is 102 cm³/mol. The molecule has 0 spiro atoms. The molecule has 0 radical (unpaired) electrons. The molecule has 0 heterocycles. The van der Waals surface area contributed by atoms with E-state index >= 15 is 0 Å².